The van der Waals surface area contributed by atoms with E-state index in [9.17, 15) is 0 Å². The number of aryl methyl sites for hydroxylation is 1. The van der Waals surface area contributed by atoms with Crippen LogP contribution in [0, 0.1) is 6.92 Å². The van der Waals surface area contributed by atoms with E-state index in [4.69, 9.17) is 9.97 Å². The van der Waals surface area contributed by atoms with Gasteiger partial charge in [0.25, 0.3) is 0 Å². The Hall–Kier alpha value is -1.57. The molecule has 1 unspecified atom stereocenters. The molecule has 2 aromatic heterocycles. The maximum Gasteiger partial charge on any atom is 0.135 e. The molecule has 1 aliphatic carbocycles. The maximum absolute atomic E-state index is 5.04. The van der Waals surface area contributed by atoms with Crippen molar-refractivity contribution in [3.8, 4) is 0 Å². The minimum Gasteiger partial charge on any atom is -0.353 e. The fourth-order valence-corrected chi connectivity index (χ4v) is 5.96. The van der Waals surface area contributed by atoms with Crippen LogP contribution in [0.2, 0.25) is 0 Å². The number of hydrogen-bond acceptors (Lipinski definition) is 7. The topological polar surface area (TPSA) is 48.4 Å². The van der Waals surface area contributed by atoms with Gasteiger partial charge in [-0.15, -0.1) is 11.3 Å². The van der Waals surface area contributed by atoms with Crippen LogP contribution in [-0.4, -0.2) is 70.6 Å². The van der Waals surface area contributed by atoms with Gasteiger partial charge >= 0.3 is 0 Å². The Morgan fingerprint density at radius 3 is 2.69 bits per heavy atom. The largest absolute Gasteiger partial charge is 0.353 e. The highest BCUT2D eigenvalue weighted by molar-refractivity contribution is 7.07. The highest BCUT2D eigenvalue weighted by atomic mass is 32.1. The number of aromatic nitrogens is 3. The van der Waals surface area contributed by atoms with Crippen LogP contribution in [-0.2, 0) is 18.4 Å². The lowest BCUT2D eigenvalue weighted by atomic mass is 9.76. The SMILES string of the molecule is Cc1nc(N2CCN(C)C(C)C2)c2c(n1)C1(CC2)CCN(Cc2cscn2)CC1. The lowest BCUT2D eigenvalue weighted by Gasteiger charge is -2.40. The molecule has 0 saturated carbocycles. The Labute approximate surface area is 178 Å². The molecule has 1 spiro atoms. The predicted molar refractivity (Wildman–Crippen MR) is 118 cm³/mol. The summed E-state index contributed by atoms with van der Waals surface area (Å²) in [4.78, 5) is 22.0. The van der Waals surface area contributed by atoms with Crippen molar-refractivity contribution in [2.24, 2.45) is 0 Å². The molecule has 0 bridgehead atoms. The van der Waals surface area contributed by atoms with E-state index in [1.54, 1.807) is 11.3 Å². The Kier molecular flexibility index (Phi) is 5.08. The van der Waals surface area contributed by atoms with Gasteiger partial charge in [-0.05, 0) is 59.7 Å². The first-order chi connectivity index (χ1) is 14.0. The van der Waals surface area contributed by atoms with E-state index in [1.165, 1.54) is 42.0 Å². The van der Waals surface area contributed by atoms with Crippen molar-refractivity contribution in [2.45, 2.75) is 57.5 Å². The average Bonchev–Trinajstić information content (AvgIpc) is 3.34. The number of piperazine rings is 1. The van der Waals surface area contributed by atoms with Crippen LogP contribution in [0.25, 0.3) is 0 Å². The van der Waals surface area contributed by atoms with Gasteiger partial charge in [0.2, 0.25) is 0 Å². The molecule has 4 heterocycles. The van der Waals surface area contributed by atoms with Crippen molar-refractivity contribution in [2.75, 3.05) is 44.7 Å². The number of piperidine rings is 1. The zero-order valence-electron chi connectivity index (χ0n) is 17.9. The van der Waals surface area contributed by atoms with E-state index < -0.39 is 0 Å². The molecule has 2 fully saturated rings. The summed E-state index contributed by atoms with van der Waals surface area (Å²) in [5.41, 5.74) is 6.23. The van der Waals surface area contributed by atoms with Crippen LogP contribution in [0.1, 0.15) is 49.0 Å². The van der Waals surface area contributed by atoms with Crippen LogP contribution < -0.4 is 4.90 Å². The molecule has 1 atom stereocenters. The standard InChI is InChI=1S/C22H32N6S/c1-16-12-28(11-10-26(16)3)21-19-4-5-22(20(19)24-17(2)25-21)6-8-27(9-7-22)13-18-14-29-15-23-18/h14-16H,4-13H2,1-3H3. The molecule has 0 amide bonds. The second-order valence-corrected chi connectivity index (χ2v) is 9.95. The third-order valence-electron chi connectivity index (χ3n) is 7.39. The first kappa shape index (κ1) is 19.4. The van der Waals surface area contributed by atoms with Gasteiger partial charge in [0.05, 0.1) is 16.9 Å². The highest BCUT2D eigenvalue weighted by Gasteiger charge is 2.44. The molecular weight excluding hydrogens is 380 g/mol. The second-order valence-electron chi connectivity index (χ2n) is 9.23. The third kappa shape index (κ3) is 3.57. The fraction of sp³-hybridized carbons (Fsp3) is 0.682. The van der Waals surface area contributed by atoms with Crippen LogP contribution >= 0.6 is 11.3 Å². The molecular formula is C22H32N6S. The van der Waals surface area contributed by atoms with Crippen LogP contribution in [0.5, 0.6) is 0 Å². The third-order valence-corrected chi connectivity index (χ3v) is 8.03. The Balaban J connectivity index is 1.37. The van der Waals surface area contributed by atoms with Gasteiger partial charge in [-0.1, -0.05) is 0 Å². The quantitative estimate of drug-likeness (QED) is 0.773. The molecule has 2 aromatic rings. The smallest absolute Gasteiger partial charge is 0.135 e. The first-order valence-corrected chi connectivity index (χ1v) is 11.9. The molecule has 3 aliphatic rings. The molecule has 0 N–H and O–H groups in total. The number of nitrogens with zero attached hydrogens (tertiary/aromatic N) is 6. The van der Waals surface area contributed by atoms with E-state index in [2.05, 4.69) is 46.0 Å². The molecule has 6 nitrogen and oxygen atoms in total. The number of fused-ring (bicyclic) bond motifs is 2. The molecule has 2 aliphatic heterocycles. The molecule has 5 rings (SSSR count). The minimum absolute atomic E-state index is 0.258. The second kappa shape index (κ2) is 7.60. The van der Waals surface area contributed by atoms with Crippen molar-refractivity contribution in [1.82, 2.24) is 24.8 Å². The van der Waals surface area contributed by atoms with Crippen LogP contribution in [0.3, 0.4) is 0 Å². The van der Waals surface area contributed by atoms with Crippen molar-refractivity contribution in [3.63, 3.8) is 0 Å². The predicted octanol–water partition coefficient (Wildman–Crippen LogP) is 2.86. The Morgan fingerprint density at radius 1 is 1.14 bits per heavy atom. The summed E-state index contributed by atoms with van der Waals surface area (Å²) in [6.45, 7) is 10.9. The normalized spacial score (nSPS) is 24.9. The summed E-state index contributed by atoms with van der Waals surface area (Å²) >= 11 is 1.69. The van der Waals surface area contributed by atoms with E-state index in [0.29, 0.717) is 6.04 Å². The number of hydrogen-bond donors (Lipinski definition) is 0. The maximum atomic E-state index is 5.04. The molecule has 2 saturated heterocycles. The summed E-state index contributed by atoms with van der Waals surface area (Å²) in [7, 11) is 2.23. The van der Waals surface area contributed by atoms with Crippen LogP contribution in [0.15, 0.2) is 10.9 Å². The fourth-order valence-electron chi connectivity index (χ4n) is 5.41. The monoisotopic (exact) mass is 412 g/mol. The number of thiazole rings is 1. The number of rotatable bonds is 3. The minimum atomic E-state index is 0.258. The highest BCUT2D eigenvalue weighted by Crippen LogP contribution is 2.47. The zero-order valence-corrected chi connectivity index (χ0v) is 18.7. The summed E-state index contributed by atoms with van der Waals surface area (Å²) < 4.78 is 0. The number of anilines is 1. The first-order valence-electron chi connectivity index (χ1n) is 11.0. The summed E-state index contributed by atoms with van der Waals surface area (Å²) in [6, 6.07) is 0.569. The summed E-state index contributed by atoms with van der Waals surface area (Å²) in [5, 5.41) is 2.18. The number of likely N-dealkylation sites (tertiary alicyclic amines) is 1. The van der Waals surface area contributed by atoms with E-state index >= 15 is 0 Å². The molecule has 29 heavy (non-hydrogen) atoms. The van der Waals surface area contributed by atoms with Gasteiger partial charge in [-0.2, -0.15) is 0 Å². The van der Waals surface area contributed by atoms with Crippen molar-refractivity contribution < 1.29 is 0 Å². The zero-order chi connectivity index (χ0) is 20.0. The van der Waals surface area contributed by atoms with E-state index in [0.717, 1.165) is 51.5 Å². The van der Waals surface area contributed by atoms with Gasteiger partial charge in [-0.3, -0.25) is 4.90 Å². The summed E-state index contributed by atoms with van der Waals surface area (Å²) in [6.07, 6.45) is 4.79. The molecule has 156 valence electrons. The van der Waals surface area contributed by atoms with Crippen molar-refractivity contribution in [3.05, 3.63) is 33.7 Å². The summed E-state index contributed by atoms with van der Waals surface area (Å²) in [5.74, 6) is 2.17. The van der Waals surface area contributed by atoms with Crippen LogP contribution in [0.4, 0.5) is 5.82 Å². The van der Waals surface area contributed by atoms with Gasteiger partial charge in [-0.25, -0.2) is 15.0 Å². The Morgan fingerprint density at radius 2 is 1.97 bits per heavy atom. The lowest BCUT2D eigenvalue weighted by molar-refractivity contribution is 0.149. The molecule has 0 aromatic carbocycles. The lowest BCUT2D eigenvalue weighted by Crippen LogP contribution is -2.50. The average molecular weight is 413 g/mol. The van der Waals surface area contributed by atoms with Crippen molar-refractivity contribution >= 4 is 17.2 Å². The number of likely N-dealkylation sites (N-methyl/N-ethyl adjacent to an activating group) is 1. The van der Waals surface area contributed by atoms with Gasteiger partial charge < -0.3 is 9.80 Å². The van der Waals surface area contributed by atoms with Crippen molar-refractivity contribution in [1.29, 1.82) is 0 Å². The van der Waals surface area contributed by atoms with E-state index in [1.807, 2.05) is 5.51 Å². The van der Waals surface area contributed by atoms with E-state index in [-0.39, 0.29) is 5.41 Å². The molecule has 7 heteroatoms. The van der Waals surface area contributed by atoms with Gasteiger partial charge in [0.1, 0.15) is 11.6 Å². The Bertz CT molecular complexity index is 858. The molecule has 0 radical (unpaired) electrons. The van der Waals surface area contributed by atoms with Gasteiger partial charge in [0, 0.05) is 48.6 Å². The van der Waals surface area contributed by atoms with Gasteiger partial charge in [0.15, 0.2) is 0 Å².